The smallest absolute Gasteiger partial charge is 0.344 e. The van der Waals surface area contributed by atoms with Gasteiger partial charge in [0.05, 0.1) is 33.8 Å². The summed E-state index contributed by atoms with van der Waals surface area (Å²) in [5.41, 5.74) is 0.245. The molecule has 0 atom stereocenters. The molecule has 0 radical (unpaired) electrons. The maximum atomic E-state index is 12.4. The predicted molar refractivity (Wildman–Crippen MR) is 94.1 cm³/mol. The quantitative estimate of drug-likeness (QED) is 0.707. The monoisotopic (exact) mass is 342 g/mol. The number of fused-ring (bicyclic) bond motifs is 1. The maximum absolute atomic E-state index is 12.4. The molecule has 0 unspecified atom stereocenters. The molecule has 0 aliphatic carbocycles. The average molecular weight is 342 g/mol. The van der Waals surface area contributed by atoms with Gasteiger partial charge in [-0.05, 0) is 41.8 Å². The van der Waals surface area contributed by atoms with Crippen LogP contribution in [0.4, 0.5) is 0 Å². The number of hydrogen-bond acceptors (Lipinski definition) is 6. The molecule has 6 nitrogen and oxygen atoms in total. The van der Waals surface area contributed by atoms with E-state index in [1.165, 1.54) is 7.11 Å². The van der Waals surface area contributed by atoms with Crippen molar-refractivity contribution in [3.8, 4) is 34.3 Å². The first-order valence-corrected chi connectivity index (χ1v) is 7.53. The van der Waals surface area contributed by atoms with Crippen molar-refractivity contribution < 1.29 is 23.4 Å². The average Bonchev–Trinajstić information content (AvgIpc) is 2.66. The lowest BCUT2D eigenvalue weighted by Gasteiger charge is -2.11. The molecular formula is C19H18O6. The summed E-state index contributed by atoms with van der Waals surface area (Å²) >= 11 is 0. The van der Waals surface area contributed by atoms with Crippen LogP contribution in [0.5, 0.6) is 23.0 Å². The van der Waals surface area contributed by atoms with E-state index < -0.39 is 5.63 Å². The fourth-order valence-electron chi connectivity index (χ4n) is 2.65. The summed E-state index contributed by atoms with van der Waals surface area (Å²) in [5.74, 6) is 2.58. The Hall–Kier alpha value is -3.15. The summed E-state index contributed by atoms with van der Waals surface area (Å²) in [5, 5.41) is 1.11. The molecule has 0 bridgehead atoms. The van der Waals surface area contributed by atoms with Crippen molar-refractivity contribution in [2.75, 3.05) is 28.4 Å². The predicted octanol–water partition coefficient (Wildman–Crippen LogP) is 3.49. The molecule has 130 valence electrons. The second kappa shape index (κ2) is 6.76. The minimum Gasteiger partial charge on any atom is -0.493 e. The fourth-order valence-corrected chi connectivity index (χ4v) is 2.65. The molecule has 0 fully saturated rings. The first kappa shape index (κ1) is 16.7. The van der Waals surface area contributed by atoms with Crippen LogP contribution in [-0.4, -0.2) is 28.4 Å². The molecule has 0 saturated heterocycles. The number of methoxy groups -OCH3 is 4. The molecule has 3 rings (SSSR count). The zero-order valence-corrected chi connectivity index (χ0v) is 14.4. The molecule has 0 saturated carbocycles. The SMILES string of the molecule is COc1ccc(-c2cc3cc(OC)c(OC)cc3c(=O)o2)cc1OC. The maximum Gasteiger partial charge on any atom is 0.344 e. The summed E-state index contributed by atoms with van der Waals surface area (Å²) in [6, 6.07) is 10.4. The van der Waals surface area contributed by atoms with Crippen molar-refractivity contribution in [3.63, 3.8) is 0 Å². The number of rotatable bonds is 5. The lowest BCUT2D eigenvalue weighted by Crippen LogP contribution is -2.02. The van der Waals surface area contributed by atoms with E-state index in [1.54, 1.807) is 57.7 Å². The number of ether oxygens (including phenoxy) is 4. The van der Waals surface area contributed by atoms with Gasteiger partial charge in [0.15, 0.2) is 23.0 Å². The van der Waals surface area contributed by atoms with E-state index in [1.807, 2.05) is 0 Å². The molecule has 0 aliphatic heterocycles. The highest BCUT2D eigenvalue weighted by Gasteiger charge is 2.13. The zero-order chi connectivity index (χ0) is 18.0. The van der Waals surface area contributed by atoms with E-state index in [0.717, 1.165) is 0 Å². The van der Waals surface area contributed by atoms with Gasteiger partial charge in [0.1, 0.15) is 5.76 Å². The molecule has 1 heterocycles. The molecule has 2 aromatic carbocycles. The third-order valence-electron chi connectivity index (χ3n) is 3.93. The highest BCUT2D eigenvalue weighted by Crippen LogP contribution is 2.35. The van der Waals surface area contributed by atoms with Gasteiger partial charge in [0, 0.05) is 5.56 Å². The zero-order valence-electron chi connectivity index (χ0n) is 14.4. The van der Waals surface area contributed by atoms with Gasteiger partial charge >= 0.3 is 5.63 Å². The first-order chi connectivity index (χ1) is 12.1. The number of benzene rings is 2. The van der Waals surface area contributed by atoms with Crippen LogP contribution in [0.1, 0.15) is 0 Å². The van der Waals surface area contributed by atoms with Gasteiger partial charge in [-0.15, -0.1) is 0 Å². The van der Waals surface area contributed by atoms with Gasteiger partial charge in [-0.3, -0.25) is 0 Å². The van der Waals surface area contributed by atoms with Crippen LogP contribution in [0.15, 0.2) is 45.6 Å². The summed E-state index contributed by atoms with van der Waals surface area (Å²) in [6.45, 7) is 0. The minimum absolute atomic E-state index is 0.418. The molecular weight excluding hydrogens is 324 g/mol. The molecule has 3 aromatic rings. The van der Waals surface area contributed by atoms with Crippen LogP contribution >= 0.6 is 0 Å². The van der Waals surface area contributed by atoms with E-state index in [2.05, 4.69) is 0 Å². The van der Waals surface area contributed by atoms with Crippen LogP contribution < -0.4 is 24.6 Å². The van der Waals surface area contributed by atoms with Crippen molar-refractivity contribution in [2.45, 2.75) is 0 Å². The van der Waals surface area contributed by atoms with Crippen LogP contribution in [0.25, 0.3) is 22.1 Å². The van der Waals surface area contributed by atoms with Gasteiger partial charge in [-0.1, -0.05) is 0 Å². The lowest BCUT2D eigenvalue weighted by atomic mass is 10.1. The van der Waals surface area contributed by atoms with Crippen molar-refractivity contribution in [1.29, 1.82) is 0 Å². The topological polar surface area (TPSA) is 67.1 Å². The molecule has 6 heteroatoms. The van der Waals surface area contributed by atoms with Gasteiger partial charge in [-0.2, -0.15) is 0 Å². The van der Waals surface area contributed by atoms with Crippen molar-refractivity contribution >= 4 is 10.8 Å². The third-order valence-corrected chi connectivity index (χ3v) is 3.93. The van der Waals surface area contributed by atoms with Crippen LogP contribution in [0, 0.1) is 0 Å². The van der Waals surface area contributed by atoms with Crippen molar-refractivity contribution in [2.24, 2.45) is 0 Å². The van der Waals surface area contributed by atoms with E-state index in [-0.39, 0.29) is 0 Å². The Balaban J connectivity index is 2.19. The standard InChI is InChI=1S/C19H18O6/c1-21-14-6-5-11(7-16(14)22-2)15-8-12-9-17(23-3)18(24-4)10-13(12)19(20)25-15/h5-10H,1-4H3. The van der Waals surface area contributed by atoms with Gasteiger partial charge in [0.25, 0.3) is 0 Å². The summed E-state index contributed by atoms with van der Waals surface area (Å²) < 4.78 is 26.5. The Kier molecular flexibility index (Phi) is 4.52. The summed E-state index contributed by atoms with van der Waals surface area (Å²) in [7, 11) is 6.18. The van der Waals surface area contributed by atoms with E-state index in [4.69, 9.17) is 23.4 Å². The molecule has 0 N–H and O–H groups in total. The Bertz CT molecular complexity index is 974. The molecule has 0 spiro atoms. The van der Waals surface area contributed by atoms with Crippen molar-refractivity contribution in [1.82, 2.24) is 0 Å². The van der Waals surface area contributed by atoms with Gasteiger partial charge < -0.3 is 23.4 Å². The second-order valence-electron chi connectivity index (χ2n) is 5.26. The summed E-state index contributed by atoms with van der Waals surface area (Å²) in [6.07, 6.45) is 0. The van der Waals surface area contributed by atoms with Gasteiger partial charge in [-0.25, -0.2) is 4.79 Å². The van der Waals surface area contributed by atoms with Crippen LogP contribution in [0.3, 0.4) is 0 Å². The Morgan fingerprint density at radius 3 is 1.96 bits per heavy atom. The van der Waals surface area contributed by atoms with E-state index >= 15 is 0 Å². The molecule has 0 amide bonds. The van der Waals surface area contributed by atoms with Crippen molar-refractivity contribution in [3.05, 3.63) is 46.8 Å². The molecule has 25 heavy (non-hydrogen) atoms. The van der Waals surface area contributed by atoms with E-state index in [0.29, 0.717) is 45.1 Å². The highest BCUT2D eigenvalue weighted by atomic mass is 16.5. The molecule has 0 aliphatic rings. The second-order valence-corrected chi connectivity index (χ2v) is 5.26. The van der Waals surface area contributed by atoms with Crippen LogP contribution in [0.2, 0.25) is 0 Å². The van der Waals surface area contributed by atoms with Gasteiger partial charge in [0.2, 0.25) is 0 Å². The largest absolute Gasteiger partial charge is 0.493 e. The summed E-state index contributed by atoms with van der Waals surface area (Å²) in [4.78, 5) is 12.4. The van der Waals surface area contributed by atoms with E-state index in [9.17, 15) is 4.79 Å². The Labute approximate surface area is 144 Å². The highest BCUT2D eigenvalue weighted by molar-refractivity contribution is 5.87. The normalized spacial score (nSPS) is 10.6. The third kappa shape index (κ3) is 2.98. The van der Waals surface area contributed by atoms with Crippen LogP contribution in [-0.2, 0) is 0 Å². The molecule has 1 aromatic heterocycles. The Morgan fingerprint density at radius 2 is 1.32 bits per heavy atom. The minimum atomic E-state index is -0.455. The fraction of sp³-hybridized carbons (Fsp3) is 0.211. The number of hydrogen-bond donors (Lipinski definition) is 0. The lowest BCUT2D eigenvalue weighted by molar-refractivity contribution is 0.355. The Morgan fingerprint density at radius 1 is 0.720 bits per heavy atom. The first-order valence-electron chi connectivity index (χ1n) is 7.53.